The van der Waals surface area contributed by atoms with E-state index < -0.39 is 0 Å². The molecule has 1 aromatic carbocycles. The Hall–Kier alpha value is -1.92. The van der Waals surface area contributed by atoms with Crippen molar-refractivity contribution >= 4 is 11.8 Å². The van der Waals surface area contributed by atoms with Gasteiger partial charge < -0.3 is 0 Å². The molecule has 2 aliphatic rings. The topological polar surface area (TPSA) is 46.8 Å². The van der Waals surface area contributed by atoms with Crippen molar-refractivity contribution in [2.75, 3.05) is 19.3 Å². The van der Waals surface area contributed by atoms with Gasteiger partial charge in [0.05, 0.1) is 11.7 Å². The second kappa shape index (κ2) is 9.29. The van der Waals surface area contributed by atoms with E-state index in [1.165, 1.54) is 41.5 Å². The van der Waals surface area contributed by atoms with Crippen LogP contribution in [0.3, 0.4) is 0 Å². The van der Waals surface area contributed by atoms with Gasteiger partial charge in [0.2, 0.25) is 0 Å². The number of para-hydroxylation sites is 1. The van der Waals surface area contributed by atoms with Gasteiger partial charge in [-0.2, -0.15) is 16.4 Å². The highest BCUT2D eigenvalue weighted by Gasteiger charge is 2.37. The minimum Gasteiger partial charge on any atom is -0.290 e. The highest BCUT2D eigenvalue weighted by Crippen LogP contribution is 2.46. The van der Waals surface area contributed by atoms with Gasteiger partial charge in [0.1, 0.15) is 0 Å². The number of likely N-dealkylation sites (tertiary alicyclic amines) is 1. The van der Waals surface area contributed by atoms with E-state index in [1.807, 2.05) is 16.4 Å². The molecule has 2 aromatic rings. The largest absolute Gasteiger partial charge is 0.290 e. The fraction of sp³-hybridized carbons (Fsp3) is 0.560. The summed E-state index contributed by atoms with van der Waals surface area (Å²) in [6, 6.07) is 6.52. The summed E-state index contributed by atoms with van der Waals surface area (Å²) in [7, 11) is 0. The molecule has 2 heterocycles. The summed E-state index contributed by atoms with van der Waals surface area (Å²) in [6.07, 6.45) is 11.7. The first kappa shape index (κ1) is 22.3. The Labute approximate surface area is 191 Å². The molecule has 5 nitrogen and oxygen atoms in total. The Morgan fingerprint density at radius 3 is 2.45 bits per heavy atom. The zero-order valence-electron chi connectivity index (χ0n) is 19.4. The number of rotatable bonds is 6. The van der Waals surface area contributed by atoms with Crippen molar-refractivity contribution in [3.63, 3.8) is 0 Å². The second-order valence-electron chi connectivity index (χ2n) is 9.15. The van der Waals surface area contributed by atoms with Crippen LogP contribution in [0.15, 0.2) is 42.0 Å². The summed E-state index contributed by atoms with van der Waals surface area (Å²) in [5.41, 5.74) is 6.26. The summed E-state index contributed by atoms with van der Waals surface area (Å²) < 4.78 is 2.16. The van der Waals surface area contributed by atoms with E-state index in [1.54, 1.807) is 0 Å². The molecule has 1 aliphatic heterocycles. The molecule has 0 amide bonds. The van der Waals surface area contributed by atoms with Crippen LogP contribution < -0.4 is 0 Å². The minimum absolute atomic E-state index is 0.138. The number of allylic oxidation sites excluding steroid dienone is 1. The number of aromatic nitrogens is 4. The van der Waals surface area contributed by atoms with E-state index >= 15 is 0 Å². The normalized spacial score (nSPS) is 23.4. The number of hydrogen-bond donors (Lipinski definition) is 0. The van der Waals surface area contributed by atoms with Gasteiger partial charge in [0, 0.05) is 4.75 Å². The maximum atomic E-state index is 4.61. The standard InChI is InChI=1S/C25H35N5S/c1-18(2)25(31-5)14-12-21(13-15-25)23(29-16-7-6-8-17-29)24-26-27-28-30(24)22-19(3)10-9-11-20(22)4/h9-12,23H,1,6-8,13-17H2,2-5H3. The molecule has 1 aromatic heterocycles. The molecule has 1 aliphatic carbocycles. The lowest BCUT2D eigenvalue weighted by molar-refractivity contribution is 0.172. The average Bonchev–Trinajstić information content (AvgIpc) is 3.24. The van der Waals surface area contributed by atoms with E-state index in [-0.39, 0.29) is 10.8 Å². The molecule has 4 rings (SSSR count). The Morgan fingerprint density at radius 1 is 1.16 bits per heavy atom. The zero-order valence-corrected chi connectivity index (χ0v) is 20.2. The summed E-state index contributed by atoms with van der Waals surface area (Å²) in [5.74, 6) is 0.956. The average molecular weight is 438 g/mol. The number of piperidine rings is 1. The minimum atomic E-state index is 0.138. The first-order valence-electron chi connectivity index (χ1n) is 11.5. The Balaban J connectivity index is 1.77. The molecule has 0 saturated carbocycles. The molecule has 0 radical (unpaired) electrons. The lowest BCUT2D eigenvalue weighted by atomic mass is 9.81. The number of thioether (sulfide) groups is 1. The highest BCUT2D eigenvalue weighted by atomic mass is 32.2. The smallest absolute Gasteiger partial charge is 0.177 e. The van der Waals surface area contributed by atoms with Crippen molar-refractivity contribution in [1.82, 2.24) is 25.1 Å². The van der Waals surface area contributed by atoms with Crippen LogP contribution in [0.1, 0.15) is 68.4 Å². The molecule has 2 atom stereocenters. The van der Waals surface area contributed by atoms with Crippen molar-refractivity contribution in [1.29, 1.82) is 0 Å². The maximum absolute atomic E-state index is 4.61. The molecular weight excluding hydrogens is 402 g/mol. The summed E-state index contributed by atoms with van der Waals surface area (Å²) >= 11 is 1.95. The number of benzene rings is 1. The number of tetrazole rings is 1. The van der Waals surface area contributed by atoms with Crippen molar-refractivity contribution in [2.45, 2.75) is 70.1 Å². The van der Waals surface area contributed by atoms with E-state index in [9.17, 15) is 0 Å². The third-order valence-corrected chi connectivity index (χ3v) is 8.68. The Kier molecular flexibility index (Phi) is 6.68. The SMILES string of the molecule is C=C(C)C1(SC)CC=C(C(c2nnnn2-c2c(C)cccc2C)N2CCCCC2)CC1. The molecule has 1 saturated heterocycles. The van der Waals surface area contributed by atoms with E-state index in [0.29, 0.717) is 0 Å². The van der Waals surface area contributed by atoms with Crippen LogP contribution in [-0.2, 0) is 0 Å². The molecule has 2 unspecified atom stereocenters. The van der Waals surface area contributed by atoms with E-state index in [0.717, 1.165) is 43.9 Å². The van der Waals surface area contributed by atoms with Gasteiger partial charge in [-0.05, 0) is 99.3 Å². The van der Waals surface area contributed by atoms with Crippen LogP contribution in [0.4, 0.5) is 0 Å². The first-order valence-corrected chi connectivity index (χ1v) is 12.7. The second-order valence-corrected chi connectivity index (χ2v) is 10.3. The van der Waals surface area contributed by atoms with Gasteiger partial charge >= 0.3 is 0 Å². The van der Waals surface area contributed by atoms with Gasteiger partial charge in [-0.3, -0.25) is 4.90 Å². The predicted octanol–water partition coefficient (Wildman–Crippen LogP) is 5.59. The van der Waals surface area contributed by atoms with Gasteiger partial charge in [-0.15, -0.1) is 5.10 Å². The van der Waals surface area contributed by atoms with E-state index in [4.69, 9.17) is 0 Å². The van der Waals surface area contributed by atoms with Crippen LogP contribution in [0.25, 0.3) is 5.69 Å². The van der Waals surface area contributed by atoms with Crippen LogP contribution in [0, 0.1) is 13.8 Å². The van der Waals surface area contributed by atoms with Gasteiger partial charge in [-0.1, -0.05) is 42.8 Å². The molecular formula is C25H35N5S. The van der Waals surface area contributed by atoms with Crippen LogP contribution in [0.5, 0.6) is 0 Å². The molecule has 0 bridgehead atoms. The van der Waals surface area contributed by atoms with Crippen LogP contribution in [0.2, 0.25) is 0 Å². The van der Waals surface area contributed by atoms with E-state index in [2.05, 4.69) is 78.3 Å². The van der Waals surface area contributed by atoms with Crippen molar-refractivity contribution in [3.8, 4) is 5.69 Å². The number of aryl methyl sites for hydroxylation is 2. The van der Waals surface area contributed by atoms with Crippen LogP contribution in [-0.4, -0.2) is 49.2 Å². The monoisotopic (exact) mass is 437 g/mol. The summed E-state index contributed by atoms with van der Waals surface area (Å²) in [5, 5.41) is 13.2. The molecule has 0 N–H and O–H groups in total. The third kappa shape index (κ3) is 4.24. The Bertz CT molecular complexity index is 952. The lowest BCUT2D eigenvalue weighted by Crippen LogP contribution is -2.38. The predicted molar refractivity (Wildman–Crippen MR) is 130 cm³/mol. The summed E-state index contributed by atoms with van der Waals surface area (Å²) in [6.45, 7) is 13.0. The zero-order chi connectivity index (χ0) is 22.0. The van der Waals surface area contributed by atoms with Gasteiger partial charge in [0.25, 0.3) is 0 Å². The van der Waals surface area contributed by atoms with Gasteiger partial charge in [-0.25, -0.2) is 0 Å². The Morgan fingerprint density at radius 2 is 1.87 bits per heavy atom. The lowest BCUT2D eigenvalue weighted by Gasteiger charge is -2.40. The van der Waals surface area contributed by atoms with Crippen molar-refractivity contribution in [3.05, 3.63) is 59.0 Å². The number of nitrogens with zero attached hydrogens (tertiary/aromatic N) is 5. The van der Waals surface area contributed by atoms with Gasteiger partial charge in [0.15, 0.2) is 5.82 Å². The molecule has 166 valence electrons. The third-order valence-electron chi connectivity index (χ3n) is 7.18. The molecule has 6 heteroatoms. The fourth-order valence-corrected chi connectivity index (χ4v) is 6.15. The van der Waals surface area contributed by atoms with Crippen molar-refractivity contribution in [2.24, 2.45) is 0 Å². The highest BCUT2D eigenvalue weighted by molar-refractivity contribution is 8.00. The quantitative estimate of drug-likeness (QED) is 0.551. The van der Waals surface area contributed by atoms with Crippen molar-refractivity contribution < 1.29 is 0 Å². The fourth-order valence-electron chi connectivity index (χ4n) is 5.25. The molecule has 1 fully saturated rings. The van der Waals surface area contributed by atoms with Crippen LogP contribution >= 0.6 is 11.8 Å². The first-order chi connectivity index (χ1) is 15.0. The molecule has 0 spiro atoms. The number of hydrogen-bond acceptors (Lipinski definition) is 5. The maximum Gasteiger partial charge on any atom is 0.177 e. The molecule has 31 heavy (non-hydrogen) atoms. The summed E-state index contributed by atoms with van der Waals surface area (Å²) in [4.78, 5) is 2.61.